The Balaban J connectivity index is 1.60. The first-order valence-corrected chi connectivity index (χ1v) is 11.5. The van der Waals surface area contributed by atoms with Crippen molar-refractivity contribution < 1.29 is 22.7 Å². The van der Waals surface area contributed by atoms with Crippen molar-refractivity contribution in [2.75, 3.05) is 20.3 Å². The Morgan fingerprint density at radius 3 is 2.48 bits per heavy atom. The first-order valence-electron chi connectivity index (χ1n) is 10.1. The minimum absolute atomic E-state index is 0.0295. The number of fused-ring (bicyclic) bond motifs is 1. The highest BCUT2D eigenvalue weighted by atomic mass is 32.2. The third kappa shape index (κ3) is 4.93. The Morgan fingerprint density at radius 2 is 1.70 bits per heavy atom. The topological polar surface area (TPSA) is 97.6 Å². The molecule has 0 aliphatic carbocycles. The summed E-state index contributed by atoms with van der Waals surface area (Å²) in [5.74, 6) is 0.288. The van der Waals surface area contributed by atoms with Gasteiger partial charge >= 0.3 is 5.97 Å². The molecule has 33 heavy (non-hydrogen) atoms. The van der Waals surface area contributed by atoms with E-state index in [1.807, 2.05) is 18.2 Å². The summed E-state index contributed by atoms with van der Waals surface area (Å²) in [6.07, 6.45) is 1.55. The standard InChI is InChI=1S/C24H21N3O5S/c1-31-21-13-7-5-11-19(21)17-25-27(15-16-32-24(28)18-9-3-2-4-10-18)23-20-12-6-8-14-22(20)33(29,30)26-23/h2-14,17H,15-16H2,1H3. The summed E-state index contributed by atoms with van der Waals surface area (Å²) >= 11 is 0. The van der Waals surface area contributed by atoms with E-state index in [9.17, 15) is 13.2 Å². The summed E-state index contributed by atoms with van der Waals surface area (Å²) < 4.78 is 39.7. The van der Waals surface area contributed by atoms with Crippen LogP contribution in [0, 0.1) is 0 Å². The smallest absolute Gasteiger partial charge is 0.338 e. The van der Waals surface area contributed by atoms with Gasteiger partial charge in [-0.1, -0.05) is 42.5 Å². The van der Waals surface area contributed by atoms with Gasteiger partial charge in [0, 0.05) is 11.1 Å². The Bertz CT molecular complexity index is 1320. The number of sulfonamides is 1. The highest BCUT2D eigenvalue weighted by Gasteiger charge is 2.31. The third-order valence-electron chi connectivity index (χ3n) is 4.88. The van der Waals surface area contributed by atoms with Crippen LogP contribution in [-0.2, 0) is 14.8 Å². The molecule has 0 saturated carbocycles. The maximum Gasteiger partial charge on any atom is 0.338 e. The molecule has 3 aromatic rings. The molecule has 0 aromatic heterocycles. The maximum absolute atomic E-state index is 12.5. The Morgan fingerprint density at radius 1 is 1.00 bits per heavy atom. The van der Waals surface area contributed by atoms with Gasteiger partial charge in [-0.25, -0.2) is 9.80 Å². The molecule has 0 bridgehead atoms. The molecule has 1 aliphatic heterocycles. The summed E-state index contributed by atoms with van der Waals surface area (Å²) in [4.78, 5) is 12.4. The Kier molecular flexibility index (Phi) is 6.50. The fraction of sp³-hybridized carbons (Fsp3) is 0.125. The second-order valence-corrected chi connectivity index (χ2v) is 8.57. The van der Waals surface area contributed by atoms with Crippen molar-refractivity contribution in [2.45, 2.75) is 4.90 Å². The molecular weight excluding hydrogens is 442 g/mol. The van der Waals surface area contributed by atoms with E-state index in [2.05, 4.69) is 9.50 Å². The summed E-state index contributed by atoms with van der Waals surface area (Å²) in [6.45, 7) is 0.0607. The van der Waals surface area contributed by atoms with Crippen LogP contribution in [0.15, 0.2) is 93.3 Å². The average molecular weight is 464 g/mol. The molecule has 0 N–H and O–H groups in total. The van der Waals surface area contributed by atoms with Crippen LogP contribution in [0.25, 0.3) is 0 Å². The number of esters is 1. The van der Waals surface area contributed by atoms with Gasteiger partial charge in [-0.2, -0.15) is 13.5 Å². The van der Waals surface area contributed by atoms with E-state index >= 15 is 0 Å². The molecule has 3 aromatic carbocycles. The predicted octanol–water partition coefficient (Wildman–Crippen LogP) is 3.34. The van der Waals surface area contributed by atoms with Crippen LogP contribution >= 0.6 is 0 Å². The van der Waals surface area contributed by atoms with Gasteiger partial charge in [0.25, 0.3) is 10.0 Å². The lowest BCUT2D eigenvalue weighted by molar-refractivity contribution is 0.0487. The van der Waals surface area contributed by atoms with Gasteiger partial charge in [0.15, 0.2) is 5.84 Å². The summed E-state index contributed by atoms with van der Waals surface area (Å²) in [5.41, 5.74) is 1.55. The molecule has 0 unspecified atom stereocenters. The average Bonchev–Trinajstić information content (AvgIpc) is 3.12. The number of carbonyl (C=O) groups is 1. The molecule has 0 amide bonds. The number of hydrogen-bond acceptors (Lipinski definition) is 7. The van der Waals surface area contributed by atoms with Crippen LogP contribution in [0.2, 0.25) is 0 Å². The van der Waals surface area contributed by atoms with Gasteiger partial charge in [0.2, 0.25) is 0 Å². The van der Waals surface area contributed by atoms with Crippen molar-refractivity contribution in [3.8, 4) is 5.75 Å². The molecular formula is C24H21N3O5S. The molecule has 1 aliphatic rings. The van der Waals surface area contributed by atoms with Gasteiger partial charge < -0.3 is 9.47 Å². The highest BCUT2D eigenvalue weighted by molar-refractivity contribution is 7.90. The van der Waals surface area contributed by atoms with E-state index in [1.165, 1.54) is 11.1 Å². The van der Waals surface area contributed by atoms with Gasteiger partial charge in [0.05, 0.1) is 25.4 Å². The predicted molar refractivity (Wildman–Crippen MR) is 124 cm³/mol. The van der Waals surface area contributed by atoms with Crippen LogP contribution in [0.5, 0.6) is 5.75 Å². The number of amidine groups is 1. The molecule has 0 spiro atoms. The molecule has 0 radical (unpaired) electrons. The number of benzene rings is 3. The minimum Gasteiger partial charge on any atom is -0.496 e. The molecule has 1 heterocycles. The fourth-order valence-electron chi connectivity index (χ4n) is 3.28. The lowest BCUT2D eigenvalue weighted by Crippen LogP contribution is -2.30. The van der Waals surface area contributed by atoms with E-state index in [0.29, 0.717) is 22.4 Å². The molecule has 0 atom stereocenters. The number of methoxy groups -OCH3 is 1. The van der Waals surface area contributed by atoms with Crippen LogP contribution in [0.1, 0.15) is 21.5 Å². The molecule has 4 rings (SSSR count). The van der Waals surface area contributed by atoms with Crippen molar-refractivity contribution in [1.82, 2.24) is 5.01 Å². The zero-order valence-corrected chi connectivity index (χ0v) is 18.6. The Labute approximate surface area is 191 Å². The van der Waals surface area contributed by atoms with E-state index in [1.54, 1.807) is 67.9 Å². The van der Waals surface area contributed by atoms with Crippen molar-refractivity contribution in [1.29, 1.82) is 0 Å². The SMILES string of the molecule is COc1ccccc1C=NN(CCOC(=O)c1ccccc1)C1=NS(=O)(=O)c2ccccc21. The largest absolute Gasteiger partial charge is 0.496 e. The molecule has 0 saturated heterocycles. The maximum atomic E-state index is 12.5. The molecule has 8 nitrogen and oxygen atoms in total. The number of ether oxygens (including phenoxy) is 2. The van der Waals surface area contributed by atoms with Crippen LogP contribution < -0.4 is 4.74 Å². The van der Waals surface area contributed by atoms with Crippen LogP contribution in [-0.4, -0.2) is 51.7 Å². The zero-order valence-electron chi connectivity index (χ0n) is 17.8. The number of para-hydroxylation sites is 1. The highest BCUT2D eigenvalue weighted by Crippen LogP contribution is 2.27. The molecule has 0 fully saturated rings. The number of hydrogen-bond donors (Lipinski definition) is 0. The summed E-state index contributed by atoms with van der Waals surface area (Å²) in [7, 11) is -2.29. The third-order valence-corrected chi connectivity index (χ3v) is 6.20. The van der Waals surface area contributed by atoms with Crippen LogP contribution in [0.3, 0.4) is 0 Å². The monoisotopic (exact) mass is 463 g/mol. The number of hydrazone groups is 1. The fourth-order valence-corrected chi connectivity index (χ4v) is 4.49. The first kappa shape index (κ1) is 22.2. The van der Waals surface area contributed by atoms with Gasteiger partial charge in [0.1, 0.15) is 17.3 Å². The van der Waals surface area contributed by atoms with E-state index in [0.717, 1.165) is 0 Å². The van der Waals surface area contributed by atoms with E-state index < -0.39 is 16.0 Å². The van der Waals surface area contributed by atoms with Crippen LogP contribution in [0.4, 0.5) is 0 Å². The lowest BCUT2D eigenvalue weighted by Gasteiger charge is -2.19. The van der Waals surface area contributed by atoms with Crippen molar-refractivity contribution in [3.05, 3.63) is 95.6 Å². The van der Waals surface area contributed by atoms with E-state index in [4.69, 9.17) is 9.47 Å². The van der Waals surface area contributed by atoms with E-state index in [-0.39, 0.29) is 23.9 Å². The minimum atomic E-state index is -3.84. The van der Waals surface area contributed by atoms with Crippen molar-refractivity contribution in [2.24, 2.45) is 9.50 Å². The summed E-state index contributed by atoms with van der Waals surface area (Å²) in [6, 6.07) is 22.4. The number of nitrogens with zero attached hydrogens (tertiary/aromatic N) is 3. The zero-order chi connectivity index (χ0) is 23.3. The number of carbonyl (C=O) groups excluding carboxylic acids is 1. The summed E-state index contributed by atoms with van der Waals surface area (Å²) in [5, 5.41) is 5.87. The van der Waals surface area contributed by atoms with Gasteiger partial charge in [-0.05, 0) is 36.4 Å². The molecule has 9 heteroatoms. The Hall–Kier alpha value is -3.98. The van der Waals surface area contributed by atoms with Crippen molar-refractivity contribution >= 4 is 28.0 Å². The quantitative estimate of drug-likeness (QED) is 0.303. The number of rotatable bonds is 7. The first-order chi connectivity index (χ1) is 16.0. The second kappa shape index (κ2) is 9.66. The normalized spacial score (nSPS) is 13.9. The van der Waals surface area contributed by atoms with Gasteiger partial charge in [-0.15, -0.1) is 4.40 Å². The lowest BCUT2D eigenvalue weighted by atomic mass is 10.2. The van der Waals surface area contributed by atoms with Crippen molar-refractivity contribution in [3.63, 3.8) is 0 Å². The second-order valence-electron chi connectivity index (χ2n) is 7.00. The molecule has 168 valence electrons. The van der Waals surface area contributed by atoms with Gasteiger partial charge in [-0.3, -0.25) is 0 Å².